The second-order valence-corrected chi connectivity index (χ2v) is 6.49. The summed E-state index contributed by atoms with van der Waals surface area (Å²) >= 11 is 0. The van der Waals surface area contributed by atoms with E-state index in [9.17, 15) is 10.1 Å². The third-order valence-electron chi connectivity index (χ3n) is 4.81. The summed E-state index contributed by atoms with van der Waals surface area (Å²) in [6, 6.07) is 13.4. The number of amides is 1. The number of hydrogen-bond donors (Lipinski definition) is 2. The van der Waals surface area contributed by atoms with Gasteiger partial charge in [0.2, 0.25) is 0 Å². The zero-order valence-electron chi connectivity index (χ0n) is 15.0. The van der Waals surface area contributed by atoms with Gasteiger partial charge in [0.1, 0.15) is 11.5 Å². The monoisotopic (exact) mass is 361 g/mol. The number of nitrogens with one attached hydrogen (secondary N) is 2. The average molecular weight is 361 g/mol. The van der Waals surface area contributed by atoms with Gasteiger partial charge in [0, 0.05) is 43.4 Å². The maximum Gasteiger partial charge on any atom is 0.271 e. The van der Waals surface area contributed by atoms with Crippen molar-refractivity contribution >= 4 is 5.91 Å². The van der Waals surface area contributed by atoms with E-state index in [0.717, 1.165) is 35.5 Å². The standard InChI is InChI=1S/C20H19N5O2/c1-22-20(26)19-16-12-25(9-8-17(16)23-24-19)11-14-6-7-18(27-14)15-5-3-2-4-13(15)10-21/h2-7H,8-9,11-12H2,1H3,(H,22,26)(H,23,24). The Balaban J connectivity index is 1.52. The van der Waals surface area contributed by atoms with Crippen LogP contribution in [0.2, 0.25) is 0 Å². The number of nitrogens with zero attached hydrogens (tertiary/aromatic N) is 3. The van der Waals surface area contributed by atoms with Crippen molar-refractivity contribution in [2.45, 2.75) is 19.5 Å². The molecule has 7 heteroatoms. The predicted molar refractivity (Wildman–Crippen MR) is 98.7 cm³/mol. The lowest BCUT2D eigenvalue weighted by Gasteiger charge is -2.25. The molecule has 136 valence electrons. The molecule has 0 spiro atoms. The minimum atomic E-state index is -0.178. The van der Waals surface area contributed by atoms with Crippen LogP contribution in [0.15, 0.2) is 40.8 Å². The van der Waals surface area contributed by atoms with Crippen LogP contribution in [0.3, 0.4) is 0 Å². The van der Waals surface area contributed by atoms with Crippen LogP contribution in [0.4, 0.5) is 0 Å². The van der Waals surface area contributed by atoms with Crippen LogP contribution in [0.5, 0.6) is 0 Å². The van der Waals surface area contributed by atoms with Gasteiger partial charge in [-0.3, -0.25) is 14.8 Å². The number of carbonyl (C=O) groups is 1. The van der Waals surface area contributed by atoms with Gasteiger partial charge >= 0.3 is 0 Å². The maximum absolute atomic E-state index is 12.0. The molecule has 2 aromatic heterocycles. The summed E-state index contributed by atoms with van der Waals surface area (Å²) < 4.78 is 5.99. The second-order valence-electron chi connectivity index (χ2n) is 6.49. The van der Waals surface area contributed by atoms with Crippen molar-refractivity contribution in [3.63, 3.8) is 0 Å². The maximum atomic E-state index is 12.0. The van der Waals surface area contributed by atoms with Gasteiger partial charge < -0.3 is 9.73 Å². The smallest absolute Gasteiger partial charge is 0.271 e. The Morgan fingerprint density at radius 2 is 2.22 bits per heavy atom. The summed E-state index contributed by atoms with van der Waals surface area (Å²) in [5, 5.41) is 19.0. The topological polar surface area (TPSA) is 98.0 Å². The van der Waals surface area contributed by atoms with Gasteiger partial charge in [0.15, 0.2) is 5.69 Å². The number of hydrogen-bond acceptors (Lipinski definition) is 5. The first-order valence-electron chi connectivity index (χ1n) is 8.78. The van der Waals surface area contributed by atoms with E-state index in [0.29, 0.717) is 30.1 Å². The van der Waals surface area contributed by atoms with Crippen LogP contribution in [0.1, 0.15) is 33.1 Å². The third kappa shape index (κ3) is 3.23. The third-order valence-corrected chi connectivity index (χ3v) is 4.81. The van der Waals surface area contributed by atoms with Crippen LogP contribution in [0.25, 0.3) is 11.3 Å². The molecule has 0 saturated carbocycles. The van der Waals surface area contributed by atoms with Crippen molar-refractivity contribution in [3.05, 3.63) is 64.7 Å². The molecule has 7 nitrogen and oxygen atoms in total. The molecule has 0 atom stereocenters. The molecular weight excluding hydrogens is 342 g/mol. The van der Waals surface area contributed by atoms with Crippen molar-refractivity contribution in [1.29, 1.82) is 5.26 Å². The summed E-state index contributed by atoms with van der Waals surface area (Å²) in [6.45, 7) is 2.12. The van der Waals surface area contributed by atoms with E-state index >= 15 is 0 Å². The fourth-order valence-electron chi connectivity index (χ4n) is 3.42. The quantitative estimate of drug-likeness (QED) is 0.744. The van der Waals surface area contributed by atoms with Crippen LogP contribution < -0.4 is 5.32 Å². The molecule has 27 heavy (non-hydrogen) atoms. The number of H-pyrrole nitrogens is 1. The molecule has 0 saturated heterocycles. The first-order chi connectivity index (χ1) is 13.2. The summed E-state index contributed by atoms with van der Waals surface area (Å²) in [6.07, 6.45) is 0.810. The molecular formula is C20H19N5O2. The molecule has 1 aliphatic rings. The molecule has 1 aromatic carbocycles. The molecule has 4 rings (SSSR count). The molecule has 1 aliphatic heterocycles. The lowest BCUT2D eigenvalue weighted by atomic mass is 10.0. The van der Waals surface area contributed by atoms with Gasteiger partial charge in [-0.1, -0.05) is 12.1 Å². The Kier molecular flexibility index (Phi) is 4.48. The van der Waals surface area contributed by atoms with E-state index in [4.69, 9.17) is 4.42 Å². The van der Waals surface area contributed by atoms with Gasteiger partial charge in [0.05, 0.1) is 18.2 Å². The van der Waals surface area contributed by atoms with E-state index < -0.39 is 0 Å². The summed E-state index contributed by atoms with van der Waals surface area (Å²) in [5.74, 6) is 1.34. The Morgan fingerprint density at radius 1 is 1.37 bits per heavy atom. The molecule has 1 amide bonds. The first kappa shape index (κ1) is 17.1. The first-order valence-corrected chi connectivity index (χ1v) is 8.78. The van der Waals surface area contributed by atoms with E-state index in [1.165, 1.54) is 0 Å². The van der Waals surface area contributed by atoms with Crippen LogP contribution in [0, 0.1) is 11.3 Å². The van der Waals surface area contributed by atoms with Gasteiger partial charge in [-0.25, -0.2) is 0 Å². The van der Waals surface area contributed by atoms with Gasteiger partial charge in [-0.15, -0.1) is 0 Å². The minimum absolute atomic E-state index is 0.178. The van der Waals surface area contributed by atoms with Gasteiger partial charge in [0.25, 0.3) is 5.91 Å². The highest BCUT2D eigenvalue weighted by atomic mass is 16.3. The zero-order valence-corrected chi connectivity index (χ0v) is 15.0. The molecule has 3 aromatic rings. The number of aromatic nitrogens is 2. The molecule has 3 heterocycles. The number of carbonyl (C=O) groups excluding carboxylic acids is 1. The molecule has 0 unspecified atom stereocenters. The molecule has 2 N–H and O–H groups in total. The normalized spacial score (nSPS) is 13.8. The largest absolute Gasteiger partial charge is 0.460 e. The fraction of sp³-hybridized carbons (Fsp3) is 0.250. The Labute approximate surface area is 156 Å². The van der Waals surface area contributed by atoms with Crippen molar-refractivity contribution < 1.29 is 9.21 Å². The number of nitriles is 1. The lowest BCUT2D eigenvalue weighted by molar-refractivity contribution is 0.0955. The highest BCUT2D eigenvalue weighted by Crippen LogP contribution is 2.27. The van der Waals surface area contributed by atoms with Crippen molar-refractivity contribution in [1.82, 2.24) is 20.4 Å². The summed E-state index contributed by atoms with van der Waals surface area (Å²) in [7, 11) is 1.60. The summed E-state index contributed by atoms with van der Waals surface area (Å²) in [4.78, 5) is 14.2. The highest BCUT2D eigenvalue weighted by Gasteiger charge is 2.25. The van der Waals surface area contributed by atoms with E-state index in [2.05, 4.69) is 26.5 Å². The molecule has 0 radical (unpaired) electrons. The molecule has 0 aliphatic carbocycles. The summed E-state index contributed by atoms with van der Waals surface area (Å²) in [5.41, 5.74) is 3.81. The van der Waals surface area contributed by atoms with Crippen molar-refractivity contribution in [2.24, 2.45) is 0 Å². The lowest BCUT2D eigenvalue weighted by Crippen LogP contribution is -2.31. The number of aromatic amines is 1. The Morgan fingerprint density at radius 3 is 3.04 bits per heavy atom. The van der Waals surface area contributed by atoms with Crippen LogP contribution >= 0.6 is 0 Å². The second kappa shape index (κ2) is 7.09. The fourth-order valence-corrected chi connectivity index (χ4v) is 3.42. The molecule has 0 fully saturated rings. The average Bonchev–Trinajstić information content (AvgIpc) is 3.34. The molecule has 0 bridgehead atoms. The predicted octanol–water partition coefficient (Wildman–Crippen LogP) is 2.46. The Bertz CT molecular complexity index is 1030. The van der Waals surface area contributed by atoms with E-state index in [1.54, 1.807) is 13.1 Å². The number of furan rings is 1. The van der Waals surface area contributed by atoms with E-state index in [1.807, 2.05) is 30.3 Å². The van der Waals surface area contributed by atoms with Crippen LogP contribution in [-0.2, 0) is 19.5 Å². The van der Waals surface area contributed by atoms with Gasteiger partial charge in [-0.05, 0) is 24.3 Å². The van der Waals surface area contributed by atoms with Crippen molar-refractivity contribution in [2.75, 3.05) is 13.6 Å². The number of fused-ring (bicyclic) bond motifs is 1. The number of benzene rings is 1. The minimum Gasteiger partial charge on any atom is -0.460 e. The van der Waals surface area contributed by atoms with Gasteiger partial charge in [-0.2, -0.15) is 10.4 Å². The van der Waals surface area contributed by atoms with E-state index in [-0.39, 0.29) is 5.91 Å². The highest BCUT2D eigenvalue weighted by molar-refractivity contribution is 5.93. The zero-order chi connectivity index (χ0) is 18.8. The Hall–Kier alpha value is -3.37. The number of rotatable bonds is 4. The SMILES string of the molecule is CNC(=O)c1n[nH]c2c1CN(Cc1ccc(-c3ccccc3C#N)o1)CC2. The van der Waals surface area contributed by atoms with Crippen LogP contribution in [-0.4, -0.2) is 34.6 Å². The van der Waals surface area contributed by atoms with Crippen molar-refractivity contribution in [3.8, 4) is 17.4 Å².